The molecule has 0 saturated heterocycles. The lowest BCUT2D eigenvalue weighted by Crippen LogP contribution is -2.34. The van der Waals surface area contributed by atoms with Crippen LogP contribution in [-0.2, 0) is 4.79 Å². The van der Waals surface area contributed by atoms with Crippen molar-refractivity contribution in [3.8, 4) is 0 Å². The van der Waals surface area contributed by atoms with E-state index in [1.54, 1.807) is 6.20 Å². The molecule has 0 spiro atoms. The van der Waals surface area contributed by atoms with E-state index in [1.807, 2.05) is 38.1 Å². The standard InChI is InChI=1S/C14H15BrN2O2/c1-14(2,8-12(18)19)17-13-10-4-3-5-11(15)9(10)6-7-16-13/h3-7H,8H2,1-2H3,(H,16,17)(H,18,19). The topological polar surface area (TPSA) is 62.2 Å². The van der Waals surface area contributed by atoms with Crippen molar-refractivity contribution in [1.29, 1.82) is 0 Å². The molecule has 4 nitrogen and oxygen atoms in total. The lowest BCUT2D eigenvalue weighted by atomic mass is 10.0. The number of halogens is 1. The molecule has 0 aliphatic carbocycles. The van der Waals surface area contributed by atoms with Crippen LogP contribution in [0.4, 0.5) is 5.82 Å². The molecule has 0 amide bonds. The van der Waals surface area contributed by atoms with Crippen molar-refractivity contribution >= 4 is 38.5 Å². The molecule has 0 unspecified atom stereocenters. The van der Waals surface area contributed by atoms with Gasteiger partial charge in [-0.25, -0.2) is 4.98 Å². The van der Waals surface area contributed by atoms with Crippen molar-refractivity contribution < 1.29 is 9.90 Å². The average Bonchev–Trinajstić information content (AvgIpc) is 2.28. The van der Waals surface area contributed by atoms with Crippen LogP contribution in [-0.4, -0.2) is 21.6 Å². The average molecular weight is 323 g/mol. The Morgan fingerprint density at radius 2 is 2.11 bits per heavy atom. The monoisotopic (exact) mass is 322 g/mol. The van der Waals surface area contributed by atoms with Crippen molar-refractivity contribution in [3.05, 3.63) is 34.9 Å². The summed E-state index contributed by atoms with van der Waals surface area (Å²) in [6, 6.07) is 7.79. The second-order valence-electron chi connectivity index (χ2n) is 5.07. The highest BCUT2D eigenvalue weighted by Gasteiger charge is 2.22. The molecule has 1 aromatic heterocycles. The highest BCUT2D eigenvalue weighted by atomic mass is 79.9. The van der Waals surface area contributed by atoms with Gasteiger partial charge in [0.15, 0.2) is 0 Å². The normalized spacial score (nSPS) is 11.5. The van der Waals surface area contributed by atoms with Gasteiger partial charge in [-0.05, 0) is 26.0 Å². The van der Waals surface area contributed by atoms with Gasteiger partial charge in [0.1, 0.15) is 5.82 Å². The minimum Gasteiger partial charge on any atom is -0.481 e. The zero-order chi connectivity index (χ0) is 14.0. The smallest absolute Gasteiger partial charge is 0.305 e. The highest BCUT2D eigenvalue weighted by Crippen LogP contribution is 2.29. The van der Waals surface area contributed by atoms with E-state index in [2.05, 4.69) is 26.2 Å². The predicted molar refractivity (Wildman–Crippen MR) is 79.4 cm³/mol. The number of carboxylic acid groups (broad SMARTS) is 1. The van der Waals surface area contributed by atoms with Gasteiger partial charge in [-0.1, -0.05) is 28.1 Å². The largest absolute Gasteiger partial charge is 0.481 e. The fourth-order valence-corrected chi connectivity index (χ4v) is 2.51. The van der Waals surface area contributed by atoms with Gasteiger partial charge < -0.3 is 10.4 Å². The van der Waals surface area contributed by atoms with Crippen LogP contribution < -0.4 is 5.32 Å². The lowest BCUT2D eigenvalue weighted by molar-refractivity contribution is -0.137. The Bertz CT molecular complexity index is 626. The number of benzene rings is 1. The Morgan fingerprint density at radius 1 is 1.37 bits per heavy atom. The fourth-order valence-electron chi connectivity index (χ4n) is 2.01. The molecular formula is C14H15BrN2O2. The van der Waals surface area contributed by atoms with Gasteiger partial charge >= 0.3 is 5.97 Å². The minimum absolute atomic E-state index is 0.0269. The van der Waals surface area contributed by atoms with Crippen LogP contribution in [0.2, 0.25) is 0 Å². The number of rotatable bonds is 4. The first-order valence-corrected chi connectivity index (χ1v) is 6.71. The van der Waals surface area contributed by atoms with Crippen LogP contribution in [0.25, 0.3) is 10.8 Å². The molecule has 1 aromatic carbocycles. The molecule has 0 fully saturated rings. The van der Waals surface area contributed by atoms with Crippen LogP contribution in [0, 0.1) is 0 Å². The van der Waals surface area contributed by atoms with Gasteiger partial charge in [0.05, 0.1) is 6.42 Å². The number of pyridine rings is 1. The second kappa shape index (κ2) is 5.17. The number of carboxylic acids is 1. The molecule has 19 heavy (non-hydrogen) atoms. The Morgan fingerprint density at radius 3 is 2.79 bits per heavy atom. The second-order valence-corrected chi connectivity index (χ2v) is 5.93. The summed E-state index contributed by atoms with van der Waals surface area (Å²) >= 11 is 3.50. The molecule has 5 heteroatoms. The third kappa shape index (κ3) is 3.23. The quantitative estimate of drug-likeness (QED) is 0.901. The molecule has 0 aliphatic heterocycles. The maximum atomic E-state index is 10.9. The van der Waals surface area contributed by atoms with E-state index in [0.29, 0.717) is 5.82 Å². The summed E-state index contributed by atoms with van der Waals surface area (Å²) in [6.45, 7) is 3.69. The van der Waals surface area contributed by atoms with Crippen LogP contribution >= 0.6 is 15.9 Å². The Balaban J connectivity index is 2.41. The van der Waals surface area contributed by atoms with Gasteiger partial charge in [0.2, 0.25) is 0 Å². The van der Waals surface area contributed by atoms with Gasteiger partial charge in [-0.15, -0.1) is 0 Å². The number of fused-ring (bicyclic) bond motifs is 1. The van der Waals surface area contributed by atoms with Gasteiger partial charge in [-0.3, -0.25) is 4.79 Å². The maximum absolute atomic E-state index is 10.9. The lowest BCUT2D eigenvalue weighted by Gasteiger charge is -2.25. The molecule has 2 aromatic rings. The summed E-state index contributed by atoms with van der Waals surface area (Å²) in [4.78, 5) is 15.2. The van der Waals surface area contributed by atoms with E-state index >= 15 is 0 Å². The number of anilines is 1. The molecule has 2 rings (SSSR count). The molecule has 1 heterocycles. The summed E-state index contributed by atoms with van der Waals surface area (Å²) in [5.41, 5.74) is -0.560. The molecule has 0 bridgehead atoms. The molecule has 0 radical (unpaired) electrons. The molecule has 0 atom stereocenters. The number of nitrogens with zero attached hydrogens (tertiary/aromatic N) is 1. The number of hydrogen-bond donors (Lipinski definition) is 2. The van der Waals surface area contributed by atoms with Gasteiger partial charge in [0, 0.05) is 27.0 Å². The van der Waals surface area contributed by atoms with Crippen molar-refractivity contribution in [1.82, 2.24) is 4.98 Å². The molecule has 2 N–H and O–H groups in total. The van der Waals surface area contributed by atoms with Crippen molar-refractivity contribution in [3.63, 3.8) is 0 Å². The van der Waals surface area contributed by atoms with Crippen molar-refractivity contribution in [2.45, 2.75) is 25.8 Å². The first-order chi connectivity index (χ1) is 8.89. The van der Waals surface area contributed by atoms with E-state index in [9.17, 15) is 4.79 Å². The summed E-state index contributed by atoms with van der Waals surface area (Å²) < 4.78 is 0.992. The Labute approximate surface area is 120 Å². The summed E-state index contributed by atoms with van der Waals surface area (Å²) in [7, 11) is 0. The molecule has 0 saturated carbocycles. The van der Waals surface area contributed by atoms with Gasteiger partial charge in [0.25, 0.3) is 0 Å². The summed E-state index contributed by atoms with van der Waals surface area (Å²) in [5.74, 6) is -0.135. The van der Waals surface area contributed by atoms with E-state index in [1.165, 1.54) is 0 Å². The Kier molecular flexibility index (Phi) is 3.75. The van der Waals surface area contributed by atoms with E-state index in [4.69, 9.17) is 5.11 Å². The third-order valence-electron chi connectivity index (χ3n) is 2.80. The summed E-state index contributed by atoms with van der Waals surface area (Å²) in [5, 5.41) is 14.1. The molecular weight excluding hydrogens is 308 g/mol. The first kappa shape index (κ1) is 13.8. The van der Waals surface area contributed by atoms with Crippen LogP contribution in [0.3, 0.4) is 0 Å². The predicted octanol–water partition coefficient (Wildman–Crippen LogP) is 3.66. The maximum Gasteiger partial charge on any atom is 0.305 e. The van der Waals surface area contributed by atoms with Crippen molar-refractivity contribution in [2.24, 2.45) is 0 Å². The van der Waals surface area contributed by atoms with Crippen LogP contribution in [0.15, 0.2) is 34.9 Å². The van der Waals surface area contributed by atoms with Crippen LogP contribution in [0.1, 0.15) is 20.3 Å². The van der Waals surface area contributed by atoms with E-state index in [-0.39, 0.29) is 6.42 Å². The molecule has 0 aliphatic rings. The number of hydrogen-bond acceptors (Lipinski definition) is 3. The number of aliphatic carboxylic acids is 1. The summed E-state index contributed by atoms with van der Waals surface area (Å²) in [6.07, 6.45) is 1.74. The number of aromatic nitrogens is 1. The Hall–Kier alpha value is -1.62. The highest BCUT2D eigenvalue weighted by molar-refractivity contribution is 9.10. The van der Waals surface area contributed by atoms with Gasteiger partial charge in [-0.2, -0.15) is 0 Å². The zero-order valence-electron chi connectivity index (χ0n) is 10.8. The number of nitrogens with one attached hydrogen (secondary N) is 1. The van der Waals surface area contributed by atoms with E-state index in [0.717, 1.165) is 15.2 Å². The zero-order valence-corrected chi connectivity index (χ0v) is 12.4. The van der Waals surface area contributed by atoms with E-state index < -0.39 is 11.5 Å². The third-order valence-corrected chi connectivity index (χ3v) is 3.49. The minimum atomic E-state index is -0.834. The number of carbonyl (C=O) groups is 1. The van der Waals surface area contributed by atoms with Crippen LogP contribution in [0.5, 0.6) is 0 Å². The van der Waals surface area contributed by atoms with Crippen molar-refractivity contribution in [2.75, 3.05) is 5.32 Å². The fraction of sp³-hybridized carbons (Fsp3) is 0.286. The SMILES string of the molecule is CC(C)(CC(=O)O)Nc1nccc2c(Br)cccc12. The first-order valence-electron chi connectivity index (χ1n) is 5.92. The molecule has 100 valence electrons.